The van der Waals surface area contributed by atoms with Gasteiger partial charge in [-0.1, -0.05) is 72.8 Å². The number of hydrogen-bond donors (Lipinski definition) is 3. The minimum Gasteiger partial charge on any atom is -0.507 e. The summed E-state index contributed by atoms with van der Waals surface area (Å²) in [7, 11) is 1.52. The summed E-state index contributed by atoms with van der Waals surface area (Å²) in [5, 5.41) is 25.3. The Balaban J connectivity index is 1.66. The number of aromatic hydroxyl groups is 1. The average Bonchev–Trinajstić information content (AvgIpc) is 2.88. The molecule has 0 aromatic heterocycles. The summed E-state index contributed by atoms with van der Waals surface area (Å²) in [4.78, 5) is 24.0. The number of benzene rings is 4. The summed E-state index contributed by atoms with van der Waals surface area (Å²) in [6, 6.07) is 23.9. The van der Waals surface area contributed by atoms with Crippen molar-refractivity contribution >= 4 is 39.3 Å². The molecule has 4 aromatic rings. The van der Waals surface area contributed by atoms with Crippen molar-refractivity contribution in [2.24, 2.45) is 0 Å². The van der Waals surface area contributed by atoms with Gasteiger partial charge in [-0.3, -0.25) is 5.32 Å². The first kappa shape index (κ1) is 24.8. The Morgan fingerprint density at radius 1 is 0.917 bits per heavy atom. The lowest BCUT2D eigenvalue weighted by molar-refractivity contribution is -0.131. The lowest BCUT2D eigenvalue weighted by atomic mass is 9.94. The smallest absolute Gasteiger partial charge is 0.412 e. The first-order valence-electron chi connectivity index (χ1n) is 11.6. The molecule has 4 aromatic carbocycles. The molecule has 7 heteroatoms. The highest BCUT2D eigenvalue weighted by Gasteiger charge is 2.29. The number of carboxylic acids is 1. The quantitative estimate of drug-likeness (QED) is 0.236. The van der Waals surface area contributed by atoms with Gasteiger partial charge in [0.2, 0.25) is 0 Å². The molecule has 4 rings (SSSR count). The van der Waals surface area contributed by atoms with E-state index in [4.69, 9.17) is 14.6 Å². The Labute approximate surface area is 208 Å². The Hall–Kier alpha value is -4.36. The number of carbonyl (C=O) groups is 2. The summed E-state index contributed by atoms with van der Waals surface area (Å²) in [6.45, 7) is 0. The maximum absolute atomic E-state index is 13.2. The van der Waals surface area contributed by atoms with Crippen molar-refractivity contribution in [2.45, 2.75) is 25.0 Å². The van der Waals surface area contributed by atoms with Crippen molar-refractivity contribution in [3.8, 4) is 5.75 Å². The molecular formula is C29H27NO6. The summed E-state index contributed by atoms with van der Waals surface area (Å²) in [6.07, 6.45) is 1.37. The van der Waals surface area contributed by atoms with Gasteiger partial charge in [0.1, 0.15) is 5.75 Å². The maximum atomic E-state index is 13.2. The van der Waals surface area contributed by atoms with E-state index in [-0.39, 0.29) is 5.75 Å². The largest absolute Gasteiger partial charge is 0.507 e. The van der Waals surface area contributed by atoms with Gasteiger partial charge in [0.25, 0.3) is 0 Å². The van der Waals surface area contributed by atoms with E-state index in [0.717, 1.165) is 22.2 Å². The van der Waals surface area contributed by atoms with E-state index in [0.29, 0.717) is 29.5 Å². The highest BCUT2D eigenvalue weighted by molar-refractivity contribution is 6.00. The predicted octanol–water partition coefficient (Wildman–Crippen LogP) is 6.42. The van der Waals surface area contributed by atoms with E-state index in [1.165, 1.54) is 13.2 Å². The van der Waals surface area contributed by atoms with Gasteiger partial charge in [-0.25, -0.2) is 9.59 Å². The van der Waals surface area contributed by atoms with Crippen LogP contribution in [0.4, 0.5) is 10.5 Å². The van der Waals surface area contributed by atoms with E-state index in [9.17, 15) is 14.7 Å². The van der Waals surface area contributed by atoms with Crippen molar-refractivity contribution in [1.29, 1.82) is 0 Å². The van der Waals surface area contributed by atoms with Gasteiger partial charge in [-0.15, -0.1) is 0 Å². The lowest BCUT2D eigenvalue weighted by Crippen LogP contribution is -2.28. The second kappa shape index (κ2) is 11.4. The summed E-state index contributed by atoms with van der Waals surface area (Å²) in [5.74, 6) is -0.914. The van der Waals surface area contributed by atoms with Gasteiger partial charge in [0.15, 0.2) is 6.10 Å². The van der Waals surface area contributed by atoms with Crippen LogP contribution < -0.4 is 5.32 Å². The molecule has 3 N–H and O–H groups in total. The van der Waals surface area contributed by atoms with E-state index >= 15 is 0 Å². The molecule has 0 saturated heterocycles. The van der Waals surface area contributed by atoms with E-state index in [2.05, 4.69) is 5.32 Å². The normalized spacial score (nSPS) is 13.0. The number of anilines is 1. The Morgan fingerprint density at radius 2 is 1.61 bits per heavy atom. The minimum absolute atomic E-state index is 0.117. The van der Waals surface area contributed by atoms with Crippen LogP contribution in [0.3, 0.4) is 0 Å². The number of rotatable bonds is 9. The van der Waals surface area contributed by atoms with Crippen LogP contribution in [0.1, 0.15) is 24.5 Å². The number of allylic oxidation sites excluding steroid dienone is 1. The van der Waals surface area contributed by atoms with Crippen LogP contribution in [0.25, 0.3) is 21.5 Å². The van der Waals surface area contributed by atoms with Crippen LogP contribution in [0.5, 0.6) is 5.75 Å². The first-order valence-corrected chi connectivity index (χ1v) is 11.6. The molecule has 0 heterocycles. The van der Waals surface area contributed by atoms with Crippen LogP contribution in [0.2, 0.25) is 0 Å². The van der Waals surface area contributed by atoms with E-state index in [1.807, 2.05) is 54.6 Å². The number of hydrogen-bond acceptors (Lipinski definition) is 5. The number of ether oxygens (including phenoxy) is 2. The molecule has 0 radical (unpaired) electrons. The number of aliphatic carboxylic acids is 1. The molecule has 0 bridgehead atoms. The SMILES string of the molecule is CO[C@@H](CC/C=C/C(=O)O)[C@@H](OC(=O)Nc1cccc2ccccc12)c1ccc(O)c2ccccc12. The number of carboxylic acid groups (broad SMARTS) is 1. The molecule has 0 saturated carbocycles. The zero-order valence-corrected chi connectivity index (χ0v) is 19.8. The number of phenols is 1. The number of nitrogens with one attached hydrogen (secondary N) is 1. The molecule has 0 fully saturated rings. The molecule has 0 spiro atoms. The second-order valence-corrected chi connectivity index (χ2v) is 8.29. The van der Waals surface area contributed by atoms with Gasteiger partial charge >= 0.3 is 12.1 Å². The Bertz CT molecular complexity index is 1410. The fourth-order valence-corrected chi connectivity index (χ4v) is 4.32. The van der Waals surface area contributed by atoms with Gasteiger partial charge in [-0.05, 0) is 35.7 Å². The van der Waals surface area contributed by atoms with Crippen LogP contribution in [0.15, 0.2) is 91.0 Å². The monoisotopic (exact) mass is 485 g/mol. The van der Waals surface area contributed by atoms with Crippen molar-refractivity contribution in [1.82, 2.24) is 0 Å². The van der Waals surface area contributed by atoms with Crippen LogP contribution in [-0.2, 0) is 14.3 Å². The fourth-order valence-electron chi connectivity index (χ4n) is 4.32. The van der Waals surface area contributed by atoms with Gasteiger partial charge in [0, 0.05) is 29.5 Å². The number of fused-ring (bicyclic) bond motifs is 2. The van der Waals surface area contributed by atoms with Crippen LogP contribution >= 0.6 is 0 Å². The highest BCUT2D eigenvalue weighted by Crippen LogP contribution is 2.36. The third-order valence-corrected chi connectivity index (χ3v) is 6.02. The molecule has 0 aliphatic carbocycles. The van der Waals surface area contributed by atoms with Crippen molar-refractivity contribution in [3.05, 3.63) is 96.6 Å². The van der Waals surface area contributed by atoms with Crippen molar-refractivity contribution in [2.75, 3.05) is 12.4 Å². The third kappa shape index (κ3) is 5.64. The molecule has 36 heavy (non-hydrogen) atoms. The van der Waals surface area contributed by atoms with Gasteiger partial charge < -0.3 is 19.7 Å². The minimum atomic E-state index is -1.03. The van der Waals surface area contributed by atoms with Crippen molar-refractivity contribution < 1.29 is 29.3 Å². The van der Waals surface area contributed by atoms with E-state index < -0.39 is 24.3 Å². The standard InChI is InChI=1S/C29H27NO6/c1-35-26(15-6-7-16-27(32)33)28(23-17-18-25(31)22-13-5-4-12-21(22)23)36-29(34)30-24-14-8-10-19-9-2-3-11-20(19)24/h2-5,7-14,16-18,26,28,31H,6,15H2,1H3,(H,30,34)(H,32,33)/b16-7+/t26-,28-/m0/s1. The number of amides is 1. The molecule has 1 amide bonds. The molecule has 2 atom stereocenters. The van der Waals surface area contributed by atoms with Crippen LogP contribution in [0, 0.1) is 0 Å². The zero-order valence-electron chi connectivity index (χ0n) is 19.8. The zero-order chi connectivity index (χ0) is 25.5. The summed E-state index contributed by atoms with van der Waals surface area (Å²) >= 11 is 0. The molecular weight excluding hydrogens is 458 g/mol. The van der Waals surface area contributed by atoms with Gasteiger partial charge in [-0.2, -0.15) is 0 Å². The van der Waals surface area contributed by atoms with E-state index in [1.54, 1.807) is 24.3 Å². The summed E-state index contributed by atoms with van der Waals surface area (Å²) < 4.78 is 11.7. The number of methoxy groups -OCH3 is 1. The maximum Gasteiger partial charge on any atom is 0.412 e. The summed E-state index contributed by atoms with van der Waals surface area (Å²) in [5.41, 5.74) is 1.29. The number of phenolic OH excluding ortho intramolecular Hbond substituents is 1. The Kier molecular flexibility index (Phi) is 7.82. The molecule has 0 unspecified atom stereocenters. The lowest BCUT2D eigenvalue weighted by Gasteiger charge is -2.27. The topological polar surface area (TPSA) is 105 Å². The second-order valence-electron chi connectivity index (χ2n) is 8.29. The fraction of sp³-hybridized carbons (Fsp3) is 0.172. The Morgan fingerprint density at radius 3 is 2.36 bits per heavy atom. The van der Waals surface area contributed by atoms with Crippen LogP contribution in [-0.4, -0.2) is 35.5 Å². The van der Waals surface area contributed by atoms with Gasteiger partial charge in [0.05, 0.1) is 11.8 Å². The molecule has 184 valence electrons. The average molecular weight is 486 g/mol. The third-order valence-electron chi connectivity index (χ3n) is 6.02. The molecule has 0 aliphatic heterocycles. The first-order chi connectivity index (χ1) is 17.5. The molecule has 7 nitrogen and oxygen atoms in total. The predicted molar refractivity (Wildman–Crippen MR) is 139 cm³/mol. The highest BCUT2D eigenvalue weighted by atomic mass is 16.6. The number of carbonyl (C=O) groups excluding carboxylic acids is 1. The molecule has 0 aliphatic rings. The van der Waals surface area contributed by atoms with Crippen molar-refractivity contribution in [3.63, 3.8) is 0 Å².